The largest absolute Gasteiger partial charge is 0.275 e. The van der Waals surface area contributed by atoms with Crippen LogP contribution in [0.5, 0.6) is 0 Å². The average Bonchev–Trinajstić information content (AvgIpc) is 2.76. The molecule has 0 saturated carbocycles. The van der Waals surface area contributed by atoms with E-state index in [0.29, 0.717) is 5.69 Å². The van der Waals surface area contributed by atoms with Crippen LogP contribution in [0.15, 0.2) is 41.4 Å². The predicted octanol–water partition coefficient (Wildman–Crippen LogP) is 0.239. The van der Waals surface area contributed by atoms with Gasteiger partial charge < -0.3 is 0 Å². The predicted molar refractivity (Wildman–Crippen MR) is 63.2 cm³/mol. The molecule has 0 atom stereocenters. The van der Waals surface area contributed by atoms with Crippen LogP contribution in [-0.4, -0.2) is 18.2 Å². The molecule has 0 spiro atoms. The Morgan fingerprint density at radius 1 is 1.35 bits per heavy atom. The summed E-state index contributed by atoms with van der Waals surface area (Å²) in [6.07, 6.45) is 1.79. The number of rotatable bonds is 3. The van der Waals surface area contributed by atoms with Crippen LogP contribution < -0.4 is 10.7 Å². The van der Waals surface area contributed by atoms with Gasteiger partial charge in [-0.15, -0.1) is 0 Å². The van der Waals surface area contributed by atoms with Gasteiger partial charge in [0.15, 0.2) is 0 Å². The number of hydrogen-bond donors (Lipinski definition) is 2. The molecule has 1 heterocycles. The lowest BCUT2D eigenvalue weighted by atomic mass is 10.2. The van der Waals surface area contributed by atoms with E-state index in [1.54, 1.807) is 34.9 Å². The summed E-state index contributed by atoms with van der Waals surface area (Å²) in [7, 11) is -1.83. The van der Waals surface area contributed by atoms with Gasteiger partial charge in [0.05, 0.1) is 10.6 Å². The zero-order chi connectivity index (χ0) is 12.5. The molecule has 17 heavy (non-hydrogen) atoms. The van der Waals surface area contributed by atoms with Crippen LogP contribution in [0.1, 0.15) is 0 Å². The van der Waals surface area contributed by atoms with Crippen LogP contribution in [0, 0.1) is 0 Å². The van der Waals surface area contributed by atoms with Gasteiger partial charge in [-0.2, -0.15) is 9.93 Å². The van der Waals surface area contributed by atoms with Crippen molar-refractivity contribution in [2.75, 3.05) is 0 Å². The van der Waals surface area contributed by atoms with Crippen molar-refractivity contribution in [3.05, 3.63) is 36.5 Å². The molecule has 1 aromatic heterocycles. The van der Waals surface area contributed by atoms with Crippen molar-refractivity contribution in [3.63, 3.8) is 0 Å². The Labute approximate surface area is 99.1 Å². The van der Waals surface area contributed by atoms with Crippen LogP contribution in [-0.2, 0) is 17.1 Å². The number of nitrogens with one attached hydrogen (secondary N) is 1. The van der Waals surface area contributed by atoms with Gasteiger partial charge in [0.25, 0.3) is 10.0 Å². The van der Waals surface area contributed by atoms with E-state index < -0.39 is 10.0 Å². The van der Waals surface area contributed by atoms with Crippen molar-refractivity contribution in [2.45, 2.75) is 4.90 Å². The van der Waals surface area contributed by atoms with Crippen molar-refractivity contribution in [3.8, 4) is 11.3 Å². The second-order valence-electron chi connectivity index (χ2n) is 3.52. The summed E-state index contributed by atoms with van der Waals surface area (Å²) >= 11 is 0. The Bertz CT molecular complexity index is 633. The van der Waals surface area contributed by atoms with E-state index in [4.69, 9.17) is 5.84 Å². The Morgan fingerprint density at radius 3 is 2.71 bits per heavy atom. The molecule has 1 aromatic carbocycles. The smallest absolute Gasteiger partial charge is 0.253 e. The first-order valence-electron chi connectivity index (χ1n) is 4.85. The second kappa shape index (κ2) is 4.28. The summed E-state index contributed by atoms with van der Waals surface area (Å²) < 4.78 is 24.7. The van der Waals surface area contributed by atoms with Gasteiger partial charge in [-0.1, -0.05) is 12.1 Å². The SMILES string of the molecule is Cn1ccc(-c2cccc(S(=O)(=O)NN)c2)n1. The lowest BCUT2D eigenvalue weighted by Crippen LogP contribution is -2.30. The molecular weight excluding hydrogens is 240 g/mol. The minimum atomic E-state index is -3.63. The van der Waals surface area contributed by atoms with E-state index in [-0.39, 0.29) is 4.90 Å². The maximum Gasteiger partial charge on any atom is 0.253 e. The molecule has 0 bridgehead atoms. The molecule has 2 rings (SSSR count). The quantitative estimate of drug-likeness (QED) is 0.605. The van der Waals surface area contributed by atoms with Crippen LogP contribution in [0.2, 0.25) is 0 Å². The second-order valence-corrected chi connectivity index (χ2v) is 5.24. The molecule has 2 aromatic rings. The van der Waals surface area contributed by atoms with E-state index in [9.17, 15) is 8.42 Å². The van der Waals surface area contributed by atoms with Crippen molar-refractivity contribution < 1.29 is 8.42 Å². The van der Waals surface area contributed by atoms with Crippen molar-refractivity contribution in [1.29, 1.82) is 0 Å². The molecule has 0 amide bonds. The van der Waals surface area contributed by atoms with Gasteiger partial charge in [0.2, 0.25) is 0 Å². The summed E-state index contributed by atoms with van der Waals surface area (Å²) in [5.41, 5.74) is 1.43. The Kier molecular flexibility index (Phi) is 2.97. The summed E-state index contributed by atoms with van der Waals surface area (Å²) in [4.78, 5) is 1.90. The van der Waals surface area contributed by atoms with Crippen LogP contribution in [0.3, 0.4) is 0 Å². The van der Waals surface area contributed by atoms with Crippen LogP contribution in [0.25, 0.3) is 11.3 Å². The number of sulfonamides is 1. The highest BCUT2D eigenvalue weighted by molar-refractivity contribution is 7.89. The zero-order valence-electron chi connectivity index (χ0n) is 9.16. The monoisotopic (exact) mass is 252 g/mol. The van der Waals surface area contributed by atoms with E-state index in [1.165, 1.54) is 12.1 Å². The first-order valence-corrected chi connectivity index (χ1v) is 6.34. The molecule has 0 aliphatic carbocycles. The zero-order valence-corrected chi connectivity index (χ0v) is 9.98. The fraction of sp³-hybridized carbons (Fsp3) is 0.100. The van der Waals surface area contributed by atoms with E-state index >= 15 is 0 Å². The summed E-state index contributed by atoms with van der Waals surface area (Å²) in [6.45, 7) is 0. The van der Waals surface area contributed by atoms with Gasteiger partial charge >= 0.3 is 0 Å². The number of aryl methyl sites for hydroxylation is 1. The van der Waals surface area contributed by atoms with Gasteiger partial charge in [0, 0.05) is 18.8 Å². The topological polar surface area (TPSA) is 90.0 Å². The Morgan fingerprint density at radius 2 is 2.12 bits per heavy atom. The Hall–Kier alpha value is -1.70. The fourth-order valence-electron chi connectivity index (χ4n) is 1.46. The lowest BCUT2D eigenvalue weighted by molar-refractivity contribution is 0.584. The average molecular weight is 252 g/mol. The van der Waals surface area contributed by atoms with Crippen molar-refractivity contribution >= 4 is 10.0 Å². The fourth-order valence-corrected chi connectivity index (χ4v) is 2.14. The molecule has 6 nitrogen and oxygen atoms in total. The third-order valence-corrected chi connectivity index (χ3v) is 3.49. The number of nitrogens with two attached hydrogens (primary N) is 1. The number of aromatic nitrogens is 2. The van der Waals surface area contributed by atoms with Gasteiger partial charge in [-0.3, -0.25) is 10.5 Å². The van der Waals surface area contributed by atoms with Crippen molar-refractivity contribution in [1.82, 2.24) is 14.6 Å². The molecule has 90 valence electrons. The number of nitrogens with zero attached hydrogens (tertiary/aromatic N) is 2. The molecule has 3 N–H and O–H groups in total. The summed E-state index contributed by atoms with van der Waals surface area (Å²) in [6, 6.07) is 8.24. The highest BCUT2D eigenvalue weighted by Crippen LogP contribution is 2.20. The maximum absolute atomic E-state index is 11.5. The number of benzene rings is 1. The molecular formula is C10H12N4O2S. The molecule has 0 fully saturated rings. The van der Waals surface area contributed by atoms with E-state index in [1.807, 2.05) is 6.07 Å². The Balaban J connectivity index is 2.49. The standard InChI is InChI=1S/C10H12N4O2S/c1-14-6-5-10(12-14)8-3-2-4-9(7-8)17(15,16)13-11/h2-7,13H,11H2,1H3. The van der Waals surface area contributed by atoms with E-state index in [2.05, 4.69) is 5.10 Å². The molecule has 7 heteroatoms. The van der Waals surface area contributed by atoms with Crippen LogP contribution in [0.4, 0.5) is 0 Å². The molecule has 0 aliphatic heterocycles. The molecule has 0 unspecified atom stereocenters. The normalized spacial score (nSPS) is 11.6. The van der Waals surface area contributed by atoms with Crippen LogP contribution >= 0.6 is 0 Å². The molecule has 0 aliphatic rings. The highest BCUT2D eigenvalue weighted by Gasteiger charge is 2.12. The van der Waals surface area contributed by atoms with Gasteiger partial charge in [0.1, 0.15) is 0 Å². The van der Waals surface area contributed by atoms with Gasteiger partial charge in [-0.05, 0) is 18.2 Å². The summed E-state index contributed by atoms with van der Waals surface area (Å²) in [5, 5.41) is 4.20. The lowest BCUT2D eigenvalue weighted by Gasteiger charge is -2.03. The number of hydrazine groups is 1. The first kappa shape index (κ1) is 11.8. The third kappa shape index (κ3) is 2.36. The van der Waals surface area contributed by atoms with Crippen molar-refractivity contribution in [2.24, 2.45) is 12.9 Å². The van der Waals surface area contributed by atoms with E-state index in [0.717, 1.165) is 5.56 Å². The first-order chi connectivity index (χ1) is 8.03. The minimum absolute atomic E-state index is 0.114. The minimum Gasteiger partial charge on any atom is -0.275 e. The third-order valence-electron chi connectivity index (χ3n) is 2.31. The highest BCUT2D eigenvalue weighted by atomic mass is 32.2. The maximum atomic E-state index is 11.5. The molecule has 0 radical (unpaired) electrons. The summed E-state index contributed by atoms with van der Waals surface area (Å²) in [5.74, 6) is 4.97. The number of hydrogen-bond acceptors (Lipinski definition) is 4. The molecule has 0 saturated heterocycles. The van der Waals surface area contributed by atoms with Gasteiger partial charge in [-0.25, -0.2) is 8.42 Å².